The van der Waals surface area contributed by atoms with Crippen LogP contribution < -0.4 is 16.0 Å². The molecule has 1 fully saturated rings. The molecule has 1 saturated heterocycles. The van der Waals surface area contributed by atoms with Crippen LogP contribution in [0.2, 0.25) is 0 Å². The number of nitrogens with zero attached hydrogens (tertiary/aromatic N) is 1. The molecule has 1 aromatic heterocycles. The van der Waals surface area contributed by atoms with Gasteiger partial charge in [-0.05, 0) is 6.92 Å². The number of carboxylic acid groups (broad SMARTS) is 1. The van der Waals surface area contributed by atoms with Crippen LogP contribution in [-0.4, -0.2) is 47.0 Å². The molecular formula is C11H14N4O4S. The molecule has 2 heterocycles. The van der Waals surface area contributed by atoms with E-state index >= 15 is 0 Å². The first-order chi connectivity index (χ1) is 9.47. The number of hydrogen-bond acceptors (Lipinski definition) is 6. The number of aryl methyl sites for hydroxylation is 1. The summed E-state index contributed by atoms with van der Waals surface area (Å²) in [6, 6.07) is -0.479. The molecule has 2 amide bonds. The Hall–Kier alpha value is -2.00. The van der Waals surface area contributed by atoms with Gasteiger partial charge in [-0.2, -0.15) is 0 Å². The summed E-state index contributed by atoms with van der Waals surface area (Å²) in [6.07, 6.45) is 0. The summed E-state index contributed by atoms with van der Waals surface area (Å²) < 4.78 is 0. The van der Waals surface area contributed by atoms with E-state index in [-0.39, 0.29) is 36.3 Å². The lowest BCUT2D eigenvalue weighted by molar-refractivity contribution is -0.126. The van der Waals surface area contributed by atoms with Crippen molar-refractivity contribution in [2.75, 3.05) is 13.1 Å². The van der Waals surface area contributed by atoms with Crippen LogP contribution in [0.5, 0.6) is 0 Å². The molecule has 1 atom stereocenters. The zero-order valence-electron chi connectivity index (χ0n) is 10.7. The molecule has 4 N–H and O–H groups in total. The number of rotatable bonds is 4. The minimum absolute atomic E-state index is 0.109. The fourth-order valence-electron chi connectivity index (χ4n) is 1.76. The molecule has 0 saturated carbocycles. The average molecular weight is 298 g/mol. The minimum Gasteiger partial charge on any atom is -0.477 e. The predicted molar refractivity (Wildman–Crippen MR) is 70.5 cm³/mol. The summed E-state index contributed by atoms with van der Waals surface area (Å²) in [7, 11) is 0. The number of nitrogens with one attached hydrogen (secondary N) is 3. The number of aromatic nitrogens is 1. The molecule has 2 rings (SSSR count). The van der Waals surface area contributed by atoms with Crippen molar-refractivity contribution in [1.29, 1.82) is 0 Å². The van der Waals surface area contributed by atoms with E-state index in [0.717, 1.165) is 11.3 Å². The fraction of sp³-hybridized carbons (Fsp3) is 0.455. The van der Waals surface area contributed by atoms with Crippen LogP contribution in [0.4, 0.5) is 0 Å². The standard InChI is InChI=1S/C11H14N4O4S/c1-5-9(11(18)19)20-8(15-5)4-14-10(17)6-2-13-7(16)3-12-6/h6,12H,2-4H2,1H3,(H,13,16)(H,14,17)(H,18,19). The second kappa shape index (κ2) is 5.97. The maximum absolute atomic E-state index is 11.8. The SMILES string of the molecule is Cc1nc(CNC(=O)C2CNC(=O)CN2)sc1C(=O)O. The third-order valence-electron chi connectivity index (χ3n) is 2.78. The summed E-state index contributed by atoms with van der Waals surface area (Å²) in [5.74, 6) is -1.42. The molecule has 20 heavy (non-hydrogen) atoms. The van der Waals surface area contributed by atoms with E-state index in [4.69, 9.17) is 5.11 Å². The van der Waals surface area contributed by atoms with Gasteiger partial charge in [0.2, 0.25) is 11.8 Å². The van der Waals surface area contributed by atoms with Crippen molar-refractivity contribution in [2.45, 2.75) is 19.5 Å². The van der Waals surface area contributed by atoms with Crippen molar-refractivity contribution in [1.82, 2.24) is 20.9 Å². The van der Waals surface area contributed by atoms with E-state index in [1.807, 2.05) is 0 Å². The van der Waals surface area contributed by atoms with E-state index in [1.54, 1.807) is 6.92 Å². The smallest absolute Gasteiger partial charge is 0.347 e. The normalized spacial score (nSPS) is 18.4. The van der Waals surface area contributed by atoms with Crippen molar-refractivity contribution in [2.24, 2.45) is 0 Å². The van der Waals surface area contributed by atoms with Gasteiger partial charge < -0.3 is 15.7 Å². The number of amides is 2. The first kappa shape index (κ1) is 14.4. The van der Waals surface area contributed by atoms with E-state index in [9.17, 15) is 14.4 Å². The van der Waals surface area contributed by atoms with Gasteiger partial charge in [-0.25, -0.2) is 9.78 Å². The molecule has 0 spiro atoms. The number of carboxylic acids is 1. The number of hydrogen-bond donors (Lipinski definition) is 4. The Morgan fingerprint density at radius 2 is 2.30 bits per heavy atom. The van der Waals surface area contributed by atoms with Gasteiger partial charge in [0.1, 0.15) is 15.9 Å². The molecule has 1 unspecified atom stereocenters. The maximum atomic E-state index is 11.8. The van der Waals surface area contributed by atoms with E-state index in [1.165, 1.54) is 0 Å². The largest absolute Gasteiger partial charge is 0.477 e. The van der Waals surface area contributed by atoms with Crippen LogP contribution in [0.1, 0.15) is 20.4 Å². The van der Waals surface area contributed by atoms with Gasteiger partial charge in [0.15, 0.2) is 0 Å². The topological polar surface area (TPSA) is 120 Å². The van der Waals surface area contributed by atoms with Gasteiger partial charge in [-0.3, -0.25) is 14.9 Å². The molecule has 0 radical (unpaired) electrons. The van der Waals surface area contributed by atoms with Gasteiger partial charge in [0.05, 0.1) is 18.8 Å². The monoisotopic (exact) mass is 298 g/mol. The van der Waals surface area contributed by atoms with Crippen LogP contribution in [0.25, 0.3) is 0 Å². The molecule has 108 valence electrons. The summed E-state index contributed by atoms with van der Waals surface area (Å²) in [6.45, 7) is 2.13. The van der Waals surface area contributed by atoms with Crippen molar-refractivity contribution in [3.63, 3.8) is 0 Å². The minimum atomic E-state index is -1.02. The third-order valence-corrected chi connectivity index (χ3v) is 3.92. The van der Waals surface area contributed by atoms with Crippen LogP contribution >= 0.6 is 11.3 Å². The zero-order chi connectivity index (χ0) is 14.7. The van der Waals surface area contributed by atoms with Gasteiger partial charge in [-0.15, -0.1) is 11.3 Å². The van der Waals surface area contributed by atoms with Gasteiger partial charge in [-0.1, -0.05) is 0 Å². The maximum Gasteiger partial charge on any atom is 0.347 e. The number of carbonyl (C=O) groups excluding carboxylic acids is 2. The van der Waals surface area contributed by atoms with E-state index < -0.39 is 12.0 Å². The lowest BCUT2D eigenvalue weighted by Gasteiger charge is -2.22. The Labute approximate surface area is 118 Å². The second-order valence-corrected chi connectivity index (χ2v) is 5.37. The molecule has 0 aromatic carbocycles. The zero-order valence-corrected chi connectivity index (χ0v) is 11.5. The van der Waals surface area contributed by atoms with Crippen LogP contribution in [0.15, 0.2) is 0 Å². The Kier molecular flexibility index (Phi) is 4.30. The summed E-state index contributed by atoms with van der Waals surface area (Å²) >= 11 is 1.04. The summed E-state index contributed by atoms with van der Waals surface area (Å²) in [5.41, 5.74) is 0.440. The van der Waals surface area contributed by atoms with Crippen molar-refractivity contribution < 1.29 is 19.5 Å². The number of thiazole rings is 1. The second-order valence-electron chi connectivity index (χ2n) is 4.28. The van der Waals surface area contributed by atoms with Gasteiger partial charge in [0.25, 0.3) is 0 Å². The Morgan fingerprint density at radius 3 is 2.85 bits per heavy atom. The predicted octanol–water partition coefficient (Wildman–Crippen LogP) is -1.15. The highest BCUT2D eigenvalue weighted by atomic mass is 32.1. The summed E-state index contributed by atoms with van der Waals surface area (Å²) in [5, 5.41) is 17.5. The van der Waals surface area contributed by atoms with E-state index in [2.05, 4.69) is 20.9 Å². The highest BCUT2D eigenvalue weighted by Gasteiger charge is 2.23. The van der Waals surface area contributed by atoms with Crippen LogP contribution in [0.3, 0.4) is 0 Å². The highest BCUT2D eigenvalue weighted by Crippen LogP contribution is 2.17. The Balaban J connectivity index is 1.88. The first-order valence-corrected chi connectivity index (χ1v) is 6.76. The number of aromatic carboxylic acids is 1. The average Bonchev–Trinajstić information content (AvgIpc) is 2.78. The summed E-state index contributed by atoms with van der Waals surface area (Å²) in [4.78, 5) is 37.9. The van der Waals surface area contributed by atoms with Crippen molar-refractivity contribution in [3.8, 4) is 0 Å². The fourth-order valence-corrected chi connectivity index (χ4v) is 2.61. The van der Waals surface area contributed by atoms with Gasteiger partial charge in [0, 0.05) is 6.54 Å². The molecule has 8 nitrogen and oxygen atoms in total. The van der Waals surface area contributed by atoms with E-state index in [0.29, 0.717) is 10.7 Å². The molecular weight excluding hydrogens is 284 g/mol. The van der Waals surface area contributed by atoms with Crippen molar-refractivity contribution >= 4 is 29.1 Å². The quantitative estimate of drug-likeness (QED) is 0.557. The Bertz CT molecular complexity index is 547. The lowest BCUT2D eigenvalue weighted by atomic mass is 10.2. The molecule has 0 bridgehead atoms. The molecule has 1 aliphatic rings. The third kappa shape index (κ3) is 3.31. The first-order valence-electron chi connectivity index (χ1n) is 5.94. The highest BCUT2D eigenvalue weighted by molar-refractivity contribution is 7.13. The Morgan fingerprint density at radius 1 is 1.55 bits per heavy atom. The number of piperazine rings is 1. The molecule has 9 heteroatoms. The van der Waals surface area contributed by atoms with Crippen molar-refractivity contribution in [3.05, 3.63) is 15.6 Å². The molecule has 1 aliphatic heterocycles. The molecule has 1 aromatic rings. The van der Waals surface area contributed by atoms with Gasteiger partial charge >= 0.3 is 5.97 Å². The number of carbonyl (C=O) groups is 3. The van der Waals surface area contributed by atoms with Crippen LogP contribution in [-0.2, 0) is 16.1 Å². The molecule has 0 aliphatic carbocycles. The lowest BCUT2D eigenvalue weighted by Crippen LogP contribution is -2.57. The van der Waals surface area contributed by atoms with Crippen LogP contribution in [0, 0.1) is 6.92 Å².